The second-order valence-corrected chi connectivity index (χ2v) is 5.04. The number of carbonyl (C=O) groups is 1. The Bertz CT molecular complexity index is 458. The van der Waals surface area contributed by atoms with Gasteiger partial charge in [0, 0.05) is 46.1 Å². The van der Waals surface area contributed by atoms with Gasteiger partial charge in [0.05, 0.1) is 5.69 Å². The highest BCUT2D eigenvalue weighted by Gasteiger charge is 2.27. The topological polar surface area (TPSA) is 49.3 Å². The second-order valence-electron chi connectivity index (χ2n) is 5.04. The first kappa shape index (κ1) is 12.8. The van der Waals surface area contributed by atoms with Gasteiger partial charge in [0.1, 0.15) is 11.6 Å². The van der Waals surface area contributed by atoms with Gasteiger partial charge in [-0.05, 0) is 13.3 Å². The maximum absolute atomic E-state index is 11.3. The first-order valence-corrected chi connectivity index (χ1v) is 6.26. The van der Waals surface area contributed by atoms with Crippen LogP contribution in [0.4, 0.5) is 5.82 Å². The summed E-state index contributed by atoms with van der Waals surface area (Å²) in [5, 5.41) is 0. The minimum absolute atomic E-state index is 0.149. The average molecular weight is 248 g/mol. The van der Waals surface area contributed by atoms with E-state index in [1.54, 1.807) is 6.92 Å². The zero-order valence-corrected chi connectivity index (χ0v) is 11.5. The van der Waals surface area contributed by atoms with Crippen molar-refractivity contribution in [2.45, 2.75) is 26.2 Å². The third-order valence-corrected chi connectivity index (χ3v) is 3.35. The molecule has 5 heteroatoms. The maximum atomic E-state index is 11.3. The maximum Gasteiger partial charge on any atom is 0.219 e. The van der Waals surface area contributed by atoms with E-state index < -0.39 is 0 Å². The Morgan fingerprint density at radius 1 is 1.44 bits per heavy atom. The monoisotopic (exact) mass is 248 g/mol. The first-order valence-electron chi connectivity index (χ1n) is 6.26. The summed E-state index contributed by atoms with van der Waals surface area (Å²) in [5.74, 6) is 2.21. The van der Waals surface area contributed by atoms with E-state index in [0.29, 0.717) is 5.92 Å². The average Bonchev–Trinajstić information content (AvgIpc) is 2.77. The molecule has 0 N–H and O–H groups in total. The molecular formula is C13H20N4O. The Morgan fingerprint density at radius 3 is 2.72 bits per heavy atom. The van der Waals surface area contributed by atoms with Crippen LogP contribution in [0.25, 0.3) is 0 Å². The molecule has 0 spiro atoms. The standard InChI is InChI=1S/C13H20N4O/c1-9-14-12(7-13(15-9)16(3)4)11-5-6-17(8-11)10(2)18/h7,11H,5-6,8H2,1-4H3/t11-/m0/s1. The molecule has 2 rings (SSSR count). The third-order valence-electron chi connectivity index (χ3n) is 3.35. The molecular weight excluding hydrogens is 228 g/mol. The molecule has 1 aliphatic rings. The van der Waals surface area contributed by atoms with Crippen LogP contribution in [-0.2, 0) is 4.79 Å². The van der Waals surface area contributed by atoms with Crippen LogP contribution in [0, 0.1) is 6.92 Å². The van der Waals surface area contributed by atoms with E-state index in [4.69, 9.17) is 0 Å². The van der Waals surface area contributed by atoms with Crippen LogP contribution in [0.5, 0.6) is 0 Å². The summed E-state index contributed by atoms with van der Waals surface area (Å²) in [5.41, 5.74) is 1.05. The summed E-state index contributed by atoms with van der Waals surface area (Å²) in [6.45, 7) is 5.14. The fourth-order valence-corrected chi connectivity index (χ4v) is 2.30. The Morgan fingerprint density at radius 2 is 2.17 bits per heavy atom. The van der Waals surface area contributed by atoms with Crippen molar-refractivity contribution in [1.29, 1.82) is 0 Å². The predicted molar refractivity (Wildman–Crippen MR) is 70.7 cm³/mol. The molecule has 0 unspecified atom stereocenters. The number of anilines is 1. The van der Waals surface area contributed by atoms with Crippen LogP contribution in [-0.4, -0.2) is 48.0 Å². The van der Waals surface area contributed by atoms with Crippen LogP contribution in [0.2, 0.25) is 0 Å². The van der Waals surface area contributed by atoms with Crippen molar-refractivity contribution in [2.75, 3.05) is 32.1 Å². The summed E-state index contributed by atoms with van der Waals surface area (Å²) < 4.78 is 0. The Balaban J connectivity index is 2.21. The van der Waals surface area contributed by atoms with Crippen molar-refractivity contribution in [3.8, 4) is 0 Å². The van der Waals surface area contributed by atoms with Crippen molar-refractivity contribution >= 4 is 11.7 Å². The van der Waals surface area contributed by atoms with E-state index in [-0.39, 0.29) is 5.91 Å². The lowest BCUT2D eigenvalue weighted by Gasteiger charge is -2.16. The molecule has 18 heavy (non-hydrogen) atoms. The minimum atomic E-state index is 0.149. The van der Waals surface area contributed by atoms with Gasteiger partial charge in [-0.1, -0.05) is 0 Å². The molecule has 1 fully saturated rings. The van der Waals surface area contributed by atoms with Crippen LogP contribution in [0.1, 0.15) is 30.8 Å². The fraction of sp³-hybridized carbons (Fsp3) is 0.615. The van der Waals surface area contributed by atoms with Gasteiger partial charge in [-0.3, -0.25) is 4.79 Å². The van der Waals surface area contributed by atoms with Gasteiger partial charge in [0.2, 0.25) is 5.91 Å². The minimum Gasteiger partial charge on any atom is -0.363 e. The summed E-state index contributed by atoms with van der Waals surface area (Å²) in [4.78, 5) is 24.1. The lowest BCUT2D eigenvalue weighted by molar-refractivity contribution is -0.127. The number of rotatable bonds is 2. The van der Waals surface area contributed by atoms with Crippen molar-refractivity contribution in [1.82, 2.24) is 14.9 Å². The summed E-state index contributed by atoms with van der Waals surface area (Å²) >= 11 is 0. The summed E-state index contributed by atoms with van der Waals surface area (Å²) in [6.07, 6.45) is 0.989. The molecule has 2 heterocycles. The van der Waals surface area contributed by atoms with Gasteiger partial charge in [-0.2, -0.15) is 0 Å². The largest absolute Gasteiger partial charge is 0.363 e. The normalized spacial score (nSPS) is 19.1. The van der Waals surface area contributed by atoms with Crippen molar-refractivity contribution in [3.05, 3.63) is 17.6 Å². The van der Waals surface area contributed by atoms with Gasteiger partial charge in [0.15, 0.2) is 0 Å². The van der Waals surface area contributed by atoms with Gasteiger partial charge in [-0.25, -0.2) is 9.97 Å². The molecule has 0 radical (unpaired) electrons. The molecule has 1 aromatic heterocycles. The predicted octanol–water partition coefficient (Wildman–Crippen LogP) is 1.19. The van der Waals surface area contributed by atoms with E-state index in [1.807, 2.05) is 36.9 Å². The van der Waals surface area contributed by atoms with E-state index in [9.17, 15) is 4.79 Å². The molecule has 1 aromatic rings. The van der Waals surface area contributed by atoms with E-state index in [0.717, 1.165) is 36.8 Å². The molecule has 1 saturated heterocycles. The van der Waals surface area contributed by atoms with Gasteiger partial charge in [0.25, 0.3) is 0 Å². The zero-order chi connectivity index (χ0) is 13.3. The second kappa shape index (κ2) is 4.92. The highest BCUT2D eigenvalue weighted by atomic mass is 16.2. The SMILES string of the molecule is CC(=O)N1CC[C@H](c2cc(N(C)C)nc(C)n2)C1. The summed E-state index contributed by atoms with van der Waals surface area (Å²) in [6, 6.07) is 2.03. The Kier molecular flexibility index (Phi) is 3.50. The molecule has 0 aromatic carbocycles. The number of amides is 1. The van der Waals surface area contributed by atoms with E-state index >= 15 is 0 Å². The number of hydrogen-bond donors (Lipinski definition) is 0. The smallest absolute Gasteiger partial charge is 0.219 e. The Hall–Kier alpha value is -1.65. The lowest BCUT2D eigenvalue weighted by Crippen LogP contribution is -2.25. The van der Waals surface area contributed by atoms with Crippen LogP contribution in [0.3, 0.4) is 0 Å². The van der Waals surface area contributed by atoms with E-state index in [1.165, 1.54) is 0 Å². The van der Waals surface area contributed by atoms with Crippen molar-refractivity contribution in [2.24, 2.45) is 0 Å². The molecule has 1 aliphatic heterocycles. The zero-order valence-electron chi connectivity index (χ0n) is 11.5. The molecule has 1 amide bonds. The van der Waals surface area contributed by atoms with Gasteiger partial charge in [-0.15, -0.1) is 0 Å². The molecule has 0 saturated carbocycles. The van der Waals surface area contributed by atoms with Crippen molar-refractivity contribution < 1.29 is 4.79 Å². The highest BCUT2D eigenvalue weighted by Crippen LogP contribution is 2.27. The third kappa shape index (κ3) is 2.60. The first-order chi connectivity index (χ1) is 8.47. The number of carbonyl (C=O) groups excluding carboxylic acids is 1. The summed E-state index contributed by atoms with van der Waals surface area (Å²) in [7, 11) is 3.95. The lowest BCUT2D eigenvalue weighted by atomic mass is 10.0. The van der Waals surface area contributed by atoms with Crippen molar-refractivity contribution in [3.63, 3.8) is 0 Å². The highest BCUT2D eigenvalue weighted by molar-refractivity contribution is 5.73. The van der Waals surface area contributed by atoms with Crippen LogP contribution in [0.15, 0.2) is 6.07 Å². The molecule has 1 atom stereocenters. The molecule has 0 bridgehead atoms. The number of nitrogens with zero attached hydrogens (tertiary/aromatic N) is 4. The number of aryl methyl sites for hydroxylation is 1. The quantitative estimate of drug-likeness (QED) is 0.788. The van der Waals surface area contributed by atoms with Gasteiger partial charge < -0.3 is 9.80 Å². The Labute approximate surface area is 108 Å². The molecule has 98 valence electrons. The number of likely N-dealkylation sites (tertiary alicyclic amines) is 1. The molecule has 0 aliphatic carbocycles. The fourth-order valence-electron chi connectivity index (χ4n) is 2.30. The molecule has 5 nitrogen and oxygen atoms in total. The number of hydrogen-bond acceptors (Lipinski definition) is 4. The van der Waals surface area contributed by atoms with Crippen LogP contribution < -0.4 is 4.90 Å². The number of aromatic nitrogens is 2. The van der Waals surface area contributed by atoms with Crippen LogP contribution >= 0.6 is 0 Å². The van der Waals surface area contributed by atoms with E-state index in [2.05, 4.69) is 9.97 Å². The van der Waals surface area contributed by atoms with Gasteiger partial charge >= 0.3 is 0 Å².